The molecular formula is C13H25N3OS. The molecule has 0 aromatic rings. The number of carbonyl (C=O) groups is 1. The van der Waals surface area contributed by atoms with Gasteiger partial charge in [-0.15, -0.1) is 0 Å². The zero-order valence-corrected chi connectivity index (χ0v) is 12.6. The number of aliphatic imine (C=N–C) groups is 1. The Bertz CT molecular complexity index is 301. The van der Waals surface area contributed by atoms with Crippen molar-refractivity contribution in [3.05, 3.63) is 0 Å². The summed E-state index contributed by atoms with van der Waals surface area (Å²) in [6.07, 6.45) is 2.40. The summed E-state index contributed by atoms with van der Waals surface area (Å²) in [6.45, 7) is 9.59. The van der Waals surface area contributed by atoms with Crippen LogP contribution >= 0.6 is 11.8 Å². The fourth-order valence-corrected chi connectivity index (χ4v) is 3.39. The van der Waals surface area contributed by atoms with Crippen LogP contribution in [0.3, 0.4) is 0 Å². The number of hydrogen-bond donors (Lipinski definition) is 2. The molecule has 0 fully saturated rings. The van der Waals surface area contributed by atoms with Gasteiger partial charge in [0.1, 0.15) is 0 Å². The fraction of sp³-hybridized carbons (Fsp3) is 0.846. The zero-order valence-electron chi connectivity index (χ0n) is 11.8. The monoisotopic (exact) mass is 271 g/mol. The van der Waals surface area contributed by atoms with Crippen LogP contribution in [0, 0.1) is 5.92 Å². The normalized spacial score (nSPS) is 19.2. The molecule has 0 aromatic carbocycles. The Morgan fingerprint density at radius 3 is 2.67 bits per heavy atom. The van der Waals surface area contributed by atoms with Gasteiger partial charge in [-0.3, -0.25) is 9.79 Å². The van der Waals surface area contributed by atoms with Crippen molar-refractivity contribution in [1.82, 2.24) is 10.6 Å². The molecular weight excluding hydrogens is 246 g/mol. The number of amidine groups is 1. The van der Waals surface area contributed by atoms with Crippen molar-refractivity contribution in [1.29, 1.82) is 0 Å². The smallest absolute Gasteiger partial charge is 0.239 e. The number of hydrogen-bond acceptors (Lipinski definition) is 4. The molecule has 0 aromatic heterocycles. The molecule has 0 bridgehead atoms. The van der Waals surface area contributed by atoms with Crippen molar-refractivity contribution in [2.24, 2.45) is 10.9 Å². The summed E-state index contributed by atoms with van der Waals surface area (Å²) < 4.78 is 0. The lowest BCUT2D eigenvalue weighted by Crippen LogP contribution is -2.39. The standard InChI is InChI=1S/C13H25N3OS/c1-5-10(6-2)11-7-14-13(18-11)15-8-12(17)16-9(3)4/h9-11H,5-8H2,1-4H3,(H,14,15)(H,16,17). The lowest BCUT2D eigenvalue weighted by molar-refractivity contribution is -0.120. The lowest BCUT2D eigenvalue weighted by atomic mass is 9.99. The van der Waals surface area contributed by atoms with Crippen LogP contribution in [0.4, 0.5) is 0 Å². The van der Waals surface area contributed by atoms with Crippen LogP contribution in [0.15, 0.2) is 4.99 Å². The molecule has 18 heavy (non-hydrogen) atoms. The first-order valence-corrected chi connectivity index (χ1v) is 7.69. The summed E-state index contributed by atoms with van der Waals surface area (Å²) in [7, 11) is 0. The van der Waals surface area contributed by atoms with E-state index in [9.17, 15) is 4.79 Å². The first kappa shape index (κ1) is 15.3. The van der Waals surface area contributed by atoms with Gasteiger partial charge in [0, 0.05) is 11.3 Å². The van der Waals surface area contributed by atoms with Gasteiger partial charge in [0.25, 0.3) is 0 Å². The van der Waals surface area contributed by atoms with E-state index in [0.717, 1.165) is 17.6 Å². The summed E-state index contributed by atoms with van der Waals surface area (Å²) in [5, 5.41) is 7.48. The summed E-state index contributed by atoms with van der Waals surface area (Å²) in [5.74, 6) is 0.752. The van der Waals surface area contributed by atoms with Crippen molar-refractivity contribution in [2.45, 2.75) is 51.8 Å². The molecule has 5 heteroatoms. The minimum Gasteiger partial charge on any atom is -0.356 e. The second-order valence-electron chi connectivity index (χ2n) is 4.95. The van der Waals surface area contributed by atoms with Crippen molar-refractivity contribution in [2.75, 3.05) is 13.1 Å². The summed E-state index contributed by atoms with van der Waals surface area (Å²) in [5.41, 5.74) is 0. The molecule has 2 N–H and O–H groups in total. The average Bonchev–Trinajstić information content (AvgIpc) is 2.76. The predicted molar refractivity (Wildman–Crippen MR) is 79.0 cm³/mol. The second-order valence-corrected chi connectivity index (χ2v) is 6.18. The number of nitrogens with one attached hydrogen (secondary N) is 2. The van der Waals surface area contributed by atoms with Gasteiger partial charge >= 0.3 is 0 Å². The van der Waals surface area contributed by atoms with Gasteiger partial charge in [-0.25, -0.2) is 0 Å². The molecule has 0 saturated heterocycles. The summed E-state index contributed by atoms with van der Waals surface area (Å²) in [4.78, 5) is 16.0. The van der Waals surface area contributed by atoms with Crippen LogP contribution in [0.1, 0.15) is 40.5 Å². The highest BCUT2D eigenvalue weighted by Crippen LogP contribution is 2.30. The SMILES string of the molecule is CCC(CC)C1CN=C(NCC(=O)NC(C)C)S1. The number of thioether (sulfide) groups is 1. The van der Waals surface area contributed by atoms with E-state index >= 15 is 0 Å². The van der Waals surface area contributed by atoms with E-state index < -0.39 is 0 Å². The molecule has 0 saturated carbocycles. The Morgan fingerprint density at radius 2 is 2.11 bits per heavy atom. The number of carbonyl (C=O) groups excluding carboxylic acids is 1. The van der Waals surface area contributed by atoms with Gasteiger partial charge in [-0.05, 0) is 19.8 Å². The van der Waals surface area contributed by atoms with Crippen LogP contribution in [0.2, 0.25) is 0 Å². The van der Waals surface area contributed by atoms with Crippen LogP contribution in [-0.2, 0) is 4.79 Å². The van der Waals surface area contributed by atoms with E-state index in [1.807, 2.05) is 13.8 Å². The molecule has 1 aliphatic heterocycles. The molecule has 1 atom stereocenters. The highest BCUT2D eigenvalue weighted by Gasteiger charge is 2.25. The Hall–Kier alpha value is -0.710. The maximum atomic E-state index is 11.5. The average molecular weight is 271 g/mol. The van der Waals surface area contributed by atoms with Crippen LogP contribution < -0.4 is 10.6 Å². The van der Waals surface area contributed by atoms with Crippen LogP contribution in [-0.4, -0.2) is 35.5 Å². The van der Waals surface area contributed by atoms with Crippen LogP contribution in [0.25, 0.3) is 0 Å². The Morgan fingerprint density at radius 1 is 1.44 bits per heavy atom. The Labute approximate surface area is 114 Å². The zero-order chi connectivity index (χ0) is 13.5. The molecule has 1 unspecified atom stereocenters. The third kappa shape index (κ3) is 4.88. The Kier molecular flexibility index (Phi) is 6.54. The maximum Gasteiger partial charge on any atom is 0.239 e. The molecule has 1 heterocycles. The molecule has 0 radical (unpaired) electrons. The number of nitrogens with zero attached hydrogens (tertiary/aromatic N) is 1. The summed E-state index contributed by atoms with van der Waals surface area (Å²) >= 11 is 1.79. The molecule has 1 amide bonds. The van der Waals surface area contributed by atoms with Gasteiger partial charge in [-0.1, -0.05) is 38.5 Å². The topological polar surface area (TPSA) is 53.5 Å². The van der Waals surface area contributed by atoms with E-state index in [-0.39, 0.29) is 11.9 Å². The second kappa shape index (κ2) is 7.67. The van der Waals surface area contributed by atoms with Gasteiger partial charge in [0.05, 0.1) is 13.1 Å². The van der Waals surface area contributed by atoms with Gasteiger partial charge in [-0.2, -0.15) is 0 Å². The van der Waals surface area contributed by atoms with Crippen molar-refractivity contribution in [3.63, 3.8) is 0 Å². The van der Waals surface area contributed by atoms with E-state index in [4.69, 9.17) is 0 Å². The largest absolute Gasteiger partial charge is 0.356 e. The minimum atomic E-state index is 0.0271. The first-order valence-electron chi connectivity index (χ1n) is 6.81. The fourth-order valence-electron chi connectivity index (χ4n) is 2.08. The van der Waals surface area contributed by atoms with E-state index in [1.54, 1.807) is 11.8 Å². The molecule has 104 valence electrons. The van der Waals surface area contributed by atoms with Crippen molar-refractivity contribution in [3.8, 4) is 0 Å². The molecule has 0 aliphatic carbocycles. The van der Waals surface area contributed by atoms with E-state index in [2.05, 4.69) is 29.5 Å². The third-order valence-corrected chi connectivity index (χ3v) is 4.44. The number of amides is 1. The minimum absolute atomic E-state index is 0.0271. The molecule has 1 rings (SSSR count). The Balaban J connectivity index is 2.28. The molecule has 1 aliphatic rings. The van der Waals surface area contributed by atoms with Gasteiger partial charge in [0.15, 0.2) is 5.17 Å². The van der Waals surface area contributed by atoms with Gasteiger partial charge in [0.2, 0.25) is 5.91 Å². The maximum absolute atomic E-state index is 11.5. The predicted octanol–water partition coefficient (Wildman–Crippen LogP) is 2.01. The van der Waals surface area contributed by atoms with Crippen molar-refractivity contribution >= 4 is 22.8 Å². The molecule has 4 nitrogen and oxygen atoms in total. The highest BCUT2D eigenvalue weighted by molar-refractivity contribution is 8.14. The third-order valence-electron chi connectivity index (χ3n) is 3.10. The molecule has 0 spiro atoms. The van der Waals surface area contributed by atoms with Crippen LogP contribution in [0.5, 0.6) is 0 Å². The lowest BCUT2D eigenvalue weighted by Gasteiger charge is -2.18. The van der Waals surface area contributed by atoms with E-state index in [1.165, 1.54) is 12.8 Å². The van der Waals surface area contributed by atoms with Gasteiger partial charge < -0.3 is 10.6 Å². The number of rotatable bonds is 6. The van der Waals surface area contributed by atoms with Crippen molar-refractivity contribution < 1.29 is 4.79 Å². The quantitative estimate of drug-likeness (QED) is 0.777. The first-order chi connectivity index (χ1) is 8.56. The van der Waals surface area contributed by atoms with E-state index in [0.29, 0.717) is 11.8 Å². The highest BCUT2D eigenvalue weighted by atomic mass is 32.2. The summed E-state index contributed by atoms with van der Waals surface area (Å²) in [6, 6.07) is 0.190.